The van der Waals surface area contributed by atoms with Crippen molar-refractivity contribution in [2.75, 3.05) is 6.61 Å². The van der Waals surface area contributed by atoms with Crippen LogP contribution < -0.4 is 5.32 Å². The third-order valence-electron chi connectivity index (χ3n) is 2.49. The van der Waals surface area contributed by atoms with Crippen molar-refractivity contribution in [3.05, 3.63) is 34.1 Å². The number of aliphatic hydroxyl groups excluding tert-OH is 1. The molecule has 0 spiro atoms. The lowest BCUT2D eigenvalue weighted by Crippen LogP contribution is -2.36. The monoisotopic (exact) mass is 289 g/mol. The number of hydrogen-bond acceptors (Lipinski definition) is 2. The number of nitrogens with one attached hydrogen (secondary N) is 1. The second-order valence-electron chi connectivity index (χ2n) is 4.19. The molecule has 2 N–H and O–H groups in total. The summed E-state index contributed by atoms with van der Waals surface area (Å²) in [7, 11) is 0. The average Bonchev–Trinajstić information content (AvgIpc) is 2.16. The second kappa shape index (κ2) is 6.33. The van der Waals surface area contributed by atoms with Gasteiger partial charge in [-0.1, -0.05) is 29.8 Å². The van der Waals surface area contributed by atoms with Crippen molar-refractivity contribution < 1.29 is 9.50 Å². The molecule has 0 aliphatic carbocycles. The van der Waals surface area contributed by atoms with Crippen LogP contribution in [0.15, 0.2) is 22.7 Å². The highest BCUT2D eigenvalue weighted by molar-refractivity contribution is 9.10. The smallest absolute Gasteiger partial charge is 0.124 e. The molecule has 4 heteroatoms. The Kier molecular flexibility index (Phi) is 5.38. The summed E-state index contributed by atoms with van der Waals surface area (Å²) in [5, 5.41) is 12.3. The van der Waals surface area contributed by atoms with Crippen LogP contribution in [-0.4, -0.2) is 17.8 Å². The van der Waals surface area contributed by atoms with Crippen molar-refractivity contribution in [3.8, 4) is 0 Å². The zero-order valence-corrected chi connectivity index (χ0v) is 11.1. The predicted octanol–water partition coefficient (Wildman–Crippen LogP) is 2.69. The van der Waals surface area contributed by atoms with Gasteiger partial charge in [0.25, 0.3) is 0 Å². The first-order chi connectivity index (χ1) is 7.52. The van der Waals surface area contributed by atoms with Crippen LogP contribution in [0.1, 0.15) is 19.4 Å². The molecule has 90 valence electrons. The lowest BCUT2D eigenvalue weighted by molar-refractivity contribution is 0.210. The molecule has 1 atom stereocenters. The number of hydrogen-bond donors (Lipinski definition) is 2. The first-order valence-corrected chi connectivity index (χ1v) is 6.11. The Labute approximate surface area is 104 Å². The number of rotatable bonds is 5. The van der Waals surface area contributed by atoms with Crippen molar-refractivity contribution >= 4 is 15.9 Å². The standard InChI is InChI=1S/C12H17BrFNO/c1-8(2)12(7-16)15-6-9-3-10(13)5-11(14)4-9/h3-5,8,12,15-16H,6-7H2,1-2H3/t12-/m1/s1. The van der Waals surface area contributed by atoms with Gasteiger partial charge in [0.2, 0.25) is 0 Å². The van der Waals surface area contributed by atoms with Gasteiger partial charge < -0.3 is 10.4 Å². The van der Waals surface area contributed by atoms with E-state index in [0.717, 1.165) is 10.0 Å². The minimum absolute atomic E-state index is 0.0436. The highest BCUT2D eigenvalue weighted by Gasteiger charge is 2.11. The Balaban J connectivity index is 2.60. The Bertz CT molecular complexity index is 324. The maximum atomic E-state index is 13.1. The molecule has 0 saturated heterocycles. The van der Waals surface area contributed by atoms with E-state index < -0.39 is 0 Å². The highest BCUT2D eigenvalue weighted by Crippen LogP contribution is 2.15. The van der Waals surface area contributed by atoms with Gasteiger partial charge in [0.15, 0.2) is 0 Å². The number of halogens is 2. The summed E-state index contributed by atoms with van der Waals surface area (Å²) < 4.78 is 13.8. The Morgan fingerprint density at radius 2 is 2.06 bits per heavy atom. The van der Waals surface area contributed by atoms with Gasteiger partial charge in [0.05, 0.1) is 6.61 Å². The molecular formula is C12H17BrFNO. The number of benzene rings is 1. The molecule has 0 fully saturated rings. The van der Waals surface area contributed by atoms with E-state index in [-0.39, 0.29) is 18.5 Å². The van der Waals surface area contributed by atoms with E-state index in [4.69, 9.17) is 5.11 Å². The van der Waals surface area contributed by atoms with Gasteiger partial charge in [0.1, 0.15) is 5.82 Å². The van der Waals surface area contributed by atoms with Crippen LogP contribution in [0.25, 0.3) is 0 Å². The molecule has 0 heterocycles. The lowest BCUT2D eigenvalue weighted by Gasteiger charge is -2.20. The lowest BCUT2D eigenvalue weighted by atomic mass is 10.1. The molecule has 1 rings (SSSR count). The van der Waals surface area contributed by atoms with Crippen molar-refractivity contribution in [1.29, 1.82) is 0 Å². The third-order valence-corrected chi connectivity index (χ3v) is 2.95. The minimum atomic E-state index is -0.253. The van der Waals surface area contributed by atoms with Crippen LogP contribution in [0.3, 0.4) is 0 Å². The van der Waals surface area contributed by atoms with Crippen LogP contribution in [0.2, 0.25) is 0 Å². The van der Waals surface area contributed by atoms with Crippen LogP contribution in [0.4, 0.5) is 4.39 Å². The fraction of sp³-hybridized carbons (Fsp3) is 0.500. The molecule has 16 heavy (non-hydrogen) atoms. The fourth-order valence-electron chi connectivity index (χ4n) is 1.47. The minimum Gasteiger partial charge on any atom is -0.395 e. The summed E-state index contributed by atoms with van der Waals surface area (Å²) in [6.07, 6.45) is 0. The van der Waals surface area contributed by atoms with Gasteiger partial charge >= 0.3 is 0 Å². The largest absolute Gasteiger partial charge is 0.395 e. The van der Waals surface area contributed by atoms with E-state index >= 15 is 0 Å². The van der Waals surface area contributed by atoms with Gasteiger partial charge in [-0.3, -0.25) is 0 Å². The molecule has 0 amide bonds. The van der Waals surface area contributed by atoms with E-state index in [1.807, 2.05) is 19.9 Å². The molecule has 0 radical (unpaired) electrons. The normalized spacial score (nSPS) is 13.1. The van der Waals surface area contributed by atoms with E-state index in [2.05, 4.69) is 21.2 Å². The van der Waals surface area contributed by atoms with E-state index in [1.165, 1.54) is 12.1 Å². The average molecular weight is 290 g/mol. The van der Waals surface area contributed by atoms with E-state index in [0.29, 0.717) is 12.5 Å². The molecule has 0 saturated carbocycles. The molecule has 0 aliphatic rings. The summed E-state index contributed by atoms with van der Waals surface area (Å²) in [6, 6.07) is 4.83. The quantitative estimate of drug-likeness (QED) is 0.874. The SMILES string of the molecule is CC(C)[C@@H](CO)NCc1cc(F)cc(Br)c1. The molecule has 0 aliphatic heterocycles. The van der Waals surface area contributed by atoms with Crippen LogP contribution in [0.5, 0.6) is 0 Å². The van der Waals surface area contributed by atoms with Crippen molar-refractivity contribution in [1.82, 2.24) is 5.32 Å². The Hall–Kier alpha value is -0.450. The second-order valence-corrected chi connectivity index (χ2v) is 5.11. The summed E-state index contributed by atoms with van der Waals surface area (Å²) in [6.45, 7) is 4.72. The van der Waals surface area contributed by atoms with Crippen LogP contribution in [-0.2, 0) is 6.54 Å². The molecule has 1 aromatic carbocycles. The van der Waals surface area contributed by atoms with Crippen molar-refractivity contribution in [3.63, 3.8) is 0 Å². The van der Waals surface area contributed by atoms with Gasteiger partial charge in [-0.15, -0.1) is 0 Å². The maximum Gasteiger partial charge on any atom is 0.124 e. The van der Waals surface area contributed by atoms with E-state index in [9.17, 15) is 4.39 Å². The molecule has 0 bridgehead atoms. The van der Waals surface area contributed by atoms with Gasteiger partial charge in [-0.05, 0) is 29.7 Å². The third kappa shape index (κ3) is 4.20. The first kappa shape index (κ1) is 13.6. The summed E-state index contributed by atoms with van der Waals surface area (Å²) >= 11 is 3.25. The zero-order valence-electron chi connectivity index (χ0n) is 9.50. The fourth-order valence-corrected chi connectivity index (χ4v) is 1.99. The van der Waals surface area contributed by atoms with Crippen molar-refractivity contribution in [2.45, 2.75) is 26.4 Å². The molecule has 2 nitrogen and oxygen atoms in total. The summed E-state index contributed by atoms with van der Waals surface area (Å²) in [5.74, 6) is 0.0956. The highest BCUT2D eigenvalue weighted by atomic mass is 79.9. The molecule has 0 unspecified atom stereocenters. The summed E-state index contributed by atoms with van der Waals surface area (Å²) in [5.41, 5.74) is 0.867. The summed E-state index contributed by atoms with van der Waals surface area (Å²) in [4.78, 5) is 0. The molecule has 1 aromatic rings. The topological polar surface area (TPSA) is 32.3 Å². The van der Waals surface area contributed by atoms with Gasteiger partial charge in [0, 0.05) is 17.1 Å². The van der Waals surface area contributed by atoms with Gasteiger partial charge in [-0.2, -0.15) is 0 Å². The molecular weight excluding hydrogens is 273 g/mol. The number of aliphatic hydroxyl groups is 1. The molecule has 0 aromatic heterocycles. The van der Waals surface area contributed by atoms with Crippen molar-refractivity contribution in [2.24, 2.45) is 5.92 Å². The Morgan fingerprint density at radius 3 is 2.56 bits per heavy atom. The Morgan fingerprint density at radius 1 is 1.38 bits per heavy atom. The van der Waals surface area contributed by atoms with Crippen LogP contribution in [0, 0.1) is 11.7 Å². The maximum absolute atomic E-state index is 13.1. The first-order valence-electron chi connectivity index (χ1n) is 5.32. The van der Waals surface area contributed by atoms with E-state index in [1.54, 1.807) is 0 Å². The van der Waals surface area contributed by atoms with Crippen LogP contribution >= 0.6 is 15.9 Å². The zero-order chi connectivity index (χ0) is 12.1. The predicted molar refractivity (Wildman–Crippen MR) is 66.7 cm³/mol. The van der Waals surface area contributed by atoms with Gasteiger partial charge in [-0.25, -0.2) is 4.39 Å².